The van der Waals surface area contributed by atoms with Gasteiger partial charge < -0.3 is 0 Å². The molecule has 0 unspecified atom stereocenters. The fourth-order valence-electron chi connectivity index (χ4n) is 2.05. The number of unbranched alkanes of at least 4 members (excludes halogenated alkanes) is 10. The Morgan fingerprint density at radius 2 is 1.12 bits per heavy atom. The van der Waals surface area contributed by atoms with Crippen LogP contribution in [-0.4, -0.2) is 0 Å². The van der Waals surface area contributed by atoms with E-state index in [1.165, 1.54) is 70.6 Å². The van der Waals surface area contributed by atoms with Crippen molar-refractivity contribution < 1.29 is 0 Å². The Labute approximate surface area is 109 Å². The van der Waals surface area contributed by atoms with Crippen molar-refractivity contribution in [2.24, 2.45) is 0 Å². The molecule has 0 saturated heterocycles. The molecule has 1 radical (unpaired) electrons. The van der Waals surface area contributed by atoms with Crippen LogP contribution < -0.4 is 0 Å². The van der Waals surface area contributed by atoms with Crippen LogP contribution in [0.25, 0.3) is 0 Å². The summed E-state index contributed by atoms with van der Waals surface area (Å²) in [5, 5.41) is 0. The molecule has 0 heterocycles. The van der Waals surface area contributed by atoms with Gasteiger partial charge in [-0.15, -0.1) is 0 Å². The predicted molar refractivity (Wildman–Crippen MR) is 79.1 cm³/mol. The molecule has 0 aliphatic rings. The molecule has 0 aliphatic carbocycles. The Kier molecular flexibility index (Phi) is 15.0. The van der Waals surface area contributed by atoms with E-state index in [4.69, 9.17) is 6.58 Å². The maximum absolute atomic E-state index is 5.34. The van der Waals surface area contributed by atoms with Crippen molar-refractivity contribution in [1.82, 2.24) is 0 Å². The molecule has 0 N–H and O–H groups in total. The molecule has 0 aromatic heterocycles. The van der Waals surface area contributed by atoms with Crippen LogP contribution in [0.2, 0.25) is 0 Å². The molecule has 0 fully saturated rings. The summed E-state index contributed by atoms with van der Waals surface area (Å²) >= 11 is 0. The third-order valence-electron chi connectivity index (χ3n) is 3.14. The van der Waals surface area contributed by atoms with E-state index in [1.807, 2.05) is 0 Å². The van der Waals surface area contributed by atoms with E-state index >= 15 is 0 Å². The molecule has 0 aromatic rings. The van der Waals surface area contributed by atoms with Gasteiger partial charge in [-0.25, -0.2) is 0 Å². The van der Waals surface area contributed by atoms with Gasteiger partial charge in [0, 0.05) is 0 Å². The van der Waals surface area contributed by atoms with Crippen LogP contribution in [0.1, 0.15) is 84.0 Å². The smallest absolute Gasteiger partial charge is 0.0348 e. The van der Waals surface area contributed by atoms with Crippen molar-refractivity contribution in [1.29, 1.82) is 0 Å². The van der Waals surface area contributed by atoms with Crippen LogP contribution in [0.5, 0.6) is 0 Å². The molecule has 0 aromatic carbocycles. The third-order valence-corrected chi connectivity index (χ3v) is 3.14. The van der Waals surface area contributed by atoms with Gasteiger partial charge in [-0.1, -0.05) is 76.7 Å². The second-order valence-electron chi connectivity index (χ2n) is 4.87. The van der Waals surface area contributed by atoms with Gasteiger partial charge in [0.1, 0.15) is 0 Å². The molecule has 0 heteroatoms. The SMILES string of the molecule is [CH]=CCCCCCCCCCCC/C=C/CC. The van der Waals surface area contributed by atoms with E-state index in [9.17, 15) is 0 Å². The Bertz CT molecular complexity index is 167. The van der Waals surface area contributed by atoms with Gasteiger partial charge in [-0.2, -0.15) is 0 Å². The van der Waals surface area contributed by atoms with Crippen molar-refractivity contribution in [2.75, 3.05) is 0 Å². The first kappa shape index (κ1) is 16.5. The van der Waals surface area contributed by atoms with Crippen LogP contribution in [0, 0.1) is 6.58 Å². The molecule has 0 atom stereocenters. The highest BCUT2D eigenvalue weighted by Crippen LogP contribution is 2.11. The maximum Gasteiger partial charge on any atom is -0.0348 e. The van der Waals surface area contributed by atoms with Gasteiger partial charge in [0.05, 0.1) is 0 Å². The molecule has 99 valence electrons. The zero-order valence-corrected chi connectivity index (χ0v) is 11.8. The largest absolute Gasteiger partial charge is 0.0888 e. The second kappa shape index (κ2) is 15.5. The average Bonchev–Trinajstić information content (AvgIpc) is 2.35. The number of rotatable bonds is 13. The number of hydrogen-bond donors (Lipinski definition) is 0. The van der Waals surface area contributed by atoms with Crippen LogP contribution in [0.3, 0.4) is 0 Å². The lowest BCUT2D eigenvalue weighted by Gasteiger charge is -2.01. The highest BCUT2D eigenvalue weighted by molar-refractivity contribution is 4.79. The fourth-order valence-corrected chi connectivity index (χ4v) is 2.05. The first-order chi connectivity index (χ1) is 8.41. The van der Waals surface area contributed by atoms with Crippen molar-refractivity contribution >= 4 is 0 Å². The summed E-state index contributed by atoms with van der Waals surface area (Å²) in [6.45, 7) is 7.53. The topological polar surface area (TPSA) is 0 Å². The highest BCUT2D eigenvalue weighted by Gasteiger charge is 1.91. The number of allylic oxidation sites excluding steroid dienone is 3. The van der Waals surface area contributed by atoms with E-state index in [0.29, 0.717) is 0 Å². The molecule has 0 aliphatic heterocycles. The molecule has 0 amide bonds. The lowest BCUT2D eigenvalue weighted by Crippen LogP contribution is -1.81. The van der Waals surface area contributed by atoms with Crippen molar-refractivity contribution in [3.63, 3.8) is 0 Å². The second-order valence-corrected chi connectivity index (χ2v) is 4.87. The zero-order valence-electron chi connectivity index (χ0n) is 11.8. The summed E-state index contributed by atoms with van der Waals surface area (Å²) in [5.74, 6) is 0. The highest BCUT2D eigenvalue weighted by atomic mass is 14.0. The van der Waals surface area contributed by atoms with E-state index in [2.05, 4.69) is 19.1 Å². The molecule has 0 saturated carbocycles. The first-order valence-electron chi connectivity index (χ1n) is 7.60. The fraction of sp³-hybridized carbons (Fsp3) is 0.765. The third kappa shape index (κ3) is 15.5. The summed E-state index contributed by atoms with van der Waals surface area (Å²) < 4.78 is 0. The molecular formula is C17H31. The van der Waals surface area contributed by atoms with Crippen molar-refractivity contribution in [2.45, 2.75) is 84.0 Å². The predicted octanol–water partition coefficient (Wildman–Crippen LogP) is 6.23. The lowest BCUT2D eigenvalue weighted by atomic mass is 10.1. The van der Waals surface area contributed by atoms with E-state index < -0.39 is 0 Å². The Balaban J connectivity index is 2.93. The lowest BCUT2D eigenvalue weighted by molar-refractivity contribution is 0.561. The Morgan fingerprint density at radius 3 is 1.59 bits per heavy atom. The standard InChI is InChI=1S/C17H31/c1-3-5-7-9-11-13-15-17-16-14-12-10-8-6-4-2/h1,3,6,8H,4-5,7,9-17H2,2H3/b3-1?,8-6+. The summed E-state index contributed by atoms with van der Waals surface area (Å²) in [6, 6.07) is 0. The van der Waals surface area contributed by atoms with Gasteiger partial charge in [0.25, 0.3) is 0 Å². The van der Waals surface area contributed by atoms with Crippen molar-refractivity contribution in [3.8, 4) is 0 Å². The normalized spacial score (nSPS) is 11.1. The van der Waals surface area contributed by atoms with Gasteiger partial charge in [0.15, 0.2) is 0 Å². The van der Waals surface area contributed by atoms with Gasteiger partial charge >= 0.3 is 0 Å². The minimum Gasteiger partial charge on any atom is -0.0888 e. The van der Waals surface area contributed by atoms with Gasteiger partial charge in [0.2, 0.25) is 0 Å². The molecule has 0 nitrogen and oxygen atoms in total. The monoisotopic (exact) mass is 235 g/mol. The minimum atomic E-state index is 1.09. The maximum atomic E-state index is 5.34. The zero-order chi connectivity index (χ0) is 12.6. The molecular weight excluding hydrogens is 204 g/mol. The van der Waals surface area contributed by atoms with E-state index in [0.717, 1.165) is 6.42 Å². The van der Waals surface area contributed by atoms with Crippen molar-refractivity contribution in [3.05, 3.63) is 24.8 Å². The first-order valence-corrected chi connectivity index (χ1v) is 7.60. The summed E-state index contributed by atoms with van der Waals surface area (Å²) in [4.78, 5) is 0. The summed E-state index contributed by atoms with van der Waals surface area (Å²) in [7, 11) is 0. The quantitative estimate of drug-likeness (QED) is 0.262. The van der Waals surface area contributed by atoms with Crippen LogP contribution >= 0.6 is 0 Å². The summed E-state index contributed by atoms with van der Waals surface area (Å²) in [5.41, 5.74) is 0. The van der Waals surface area contributed by atoms with Crippen LogP contribution in [0.15, 0.2) is 18.2 Å². The molecule has 17 heavy (non-hydrogen) atoms. The van der Waals surface area contributed by atoms with Crippen LogP contribution in [-0.2, 0) is 0 Å². The minimum absolute atomic E-state index is 1.09. The molecule has 0 rings (SSSR count). The average molecular weight is 235 g/mol. The number of hydrogen-bond acceptors (Lipinski definition) is 0. The Morgan fingerprint density at radius 1 is 0.647 bits per heavy atom. The molecule has 0 spiro atoms. The Hall–Kier alpha value is -0.520. The van der Waals surface area contributed by atoms with Gasteiger partial charge in [-0.05, 0) is 32.1 Å². The van der Waals surface area contributed by atoms with Crippen LogP contribution in [0.4, 0.5) is 0 Å². The molecule has 0 bridgehead atoms. The summed E-state index contributed by atoms with van der Waals surface area (Å²) in [6.07, 6.45) is 22.5. The van der Waals surface area contributed by atoms with E-state index in [1.54, 1.807) is 6.08 Å². The van der Waals surface area contributed by atoms with E-state index in [-0.39, 0.29) is 0 Å². The van der Waals surface area contributed by atoms with Gasteiger partial charge in [-0.3, -0.25) is 0 Å².